The predicted molar refractivity (Wildman–Crippen MR) is 118 cm³/mol. The van der Waals surface area contributed by atoms with Crippen LogP contribution in [-0.2, 0) is 17.8 Å². The van der Waals surface area contributed by atoms with Gasteiger partial charge in [-0.15, -0.1) is 6.58 Å². The second-order valence-corrected chi connectivity index (χ2v) is 8.74. The van der Waals surface area contributed by atoms with Crippen LogP contribution in [0.5, 0.6) is 0 Å². The van der Waals surface area contributed by atoms with Gasteiger partial charge in [-0.1, -0.05) is 75.8 Å². The minimum absolute atomic E-state index is 0.0163. The Bertz CT molecular complexity index is 546. The molecule has 0 radical (unpaired) electrons. The maximum Gasteiger partial charge on any atom is 0.264 e. The minimum atomic E-state index is -2.41. The summed E-state index contributed by atoms with van der Waals surface area (Å²) < 4.78 is 33.0. The van der Waals surface area contributed by atoms with Crippen molar-refractivity contribution < 1.29 is 13.5 Å². The number of alkyl halides is 2. The molecule has 2 rings (SSSR count). The second-order valence-electron chi connectivity index (χ2n) is 8.74. The molecule has 1 saturated carbocycles. The van der Waals surface area contributed by atoms with Gasteiger partial charge in [0.05, 0.1) is 6.61 Å². The second kappa shape index (κ2) is 13.9. The van der Waals surface area contributed by atoms with E-state index in [1.54, 1.807) is 0 Å². The molecule has 1 aromatic rings. The summed E-state index contributed by atoms with van der Waals surface area (Å²) in [6.07, 6.45) is 12.1. The molecule has 0 aliphatic heterocycles. The fraction of sp³-hybridized carbons (Fsp3) is 0.692. The summed E-state index contributed by atoms with van der Waals surface area (Å²) >= 11 is 0. The third-order valence-electron chi connectivity index (χ3n) is 6.42. The van der Waals surface area contributed by atoms with E-state index >= 15 is 0 Å². The normalized spacial score (nSPS) is 20.7. The Morgan fingerprint density at radius 2 is 1.66 bits per heavy atom. The van der Waals surface area contributed by atoms with E-state index in [4.69, 9.17) is 4.74 Å². The van der Waals surface area contributed by atoms with E-state index in [1.165, 1.54) is 37.7 Å². The summed E-state index contributed by atoms with van der Waals surface area (Å²) in [5, 5.41) is 0. The van der Waals surface area contributed by atoms with Crippen molar-refractivity contribution in [2.24, 2.45) is 11.8 Å². The maximum atomic E-state index is 13.6. The molecule has 0 heterocycles. The van der Waals surface area contributed by atoms with Crippen LogP contribution in [0, 0.1) is 11.8 Å². The molecule has 1 aliphatic rings. The Morgan fingerprint density at radius 3 is 2.28 bits per heavy atom. The summed E-state index contributed by atoms with van der Waals surface area (Å²) in [4.78, 5) is 0. The van der Waals surface area contributed by atoms with Gasteiger partial charge in [0.1, 0.15) is 6.10 Å². The molecule has 1 aliphatic carbocycles. The first kappa shape index (κ1) is 24.1. The van der Waals surface area contributed by atoms with Crippen molar-refractivity contribution in [3.05, 3.63) is 48.0 Å². The zero-order valence-electron chi connectivity index (χ0n) is 18.3. The molecule has 0 saturated heterocycles. The average Bonchev–Trinajstić information content (AvgIpc) is 2.74. The monoisotopic (exact) mass is 406 g/mol. The number of hydrogen-bond acceptors (Lipinski definition) is 1. The van der Waals surface area contributed by atoms with E-state index < -0.39 is 12.5 Å². The van der Waals surface area contributed by atoms with Crippen molar-refractivity contribution in [2.75, 3.05) is 0 Å². The number of rotatable bonds is 14. The first-order valence-electron chi connectivity index (χ1n) is 11.7. The van der Waals surface area contributed by atoms with Crippen LogP contribution >= 0.6 is 0 Å². The average molecular weight is 407 g/mol. The molecule has 164 valence electrons. The Hall–Kier alpha value is -1.22. The third-order valence-corrected chi connectivity index (χ3v) is 6.42. The number of unbranched alkanes of at least 4 members (excludes halogenated alkanes) is 4. The molecule has 1 atom stereocenters. The lowest BCUT2D eigenvalue weighted by Crippen LogP contribution is -2.34. The van der Waals surface area contributed by atoms with Crippen molar-refractivity contribution in [1.82, 2.24) is 0 Å². The fourth-order valence-corrected chi connectivity index (χ4v) is 4.50. The molecule has 3 heteroatoms. The van der Waals surface area contributed by atoms with Crippen molar-refractivity contribution in [2.45, 2.75) is 103 Å². The molecule has 0 bridgehead atoms. The summed E-state index contributed by atoms with van der Waals surface area (Å²) in [7, 11) is 0. The third kappa shape index (κ3) is 8.99. The topological polar surface area (TPSA) is 9.23 Å². The van der Waals surface area contributed by atoms with E-state index in [2.05, 4.69) is 25.6 Å². The SMILES string of the molecule is C=CCCC1CCC(C(OCc2ccc(CCCCCCC)cc2)C(F)F)CC1. The van der Waals surface area contributed by atoms with Gasteiger partial charge >= 0.3 is 0 Å². The molecule has 1 aromatic carbocycles. The molecule has 0 aromatic heterocycles. The van der Waals surface area contributed by atoms with E-state index in [0.29, 0.717) is 5.92 Å². The molecule has 1 unspecified atom stereocenters. The minimum Gasteiger partial charge on any atom is -0.367 e. The summed E-state index contributed by atoms with van der Waals surface area (Å²) in [6, 6.07) is 8.33. The van der Waals surface area contributed by atoms with Crippen LogP contribution in [0.2, 0.25) is 0 Å². The molecule has 1 nitrogen and oxygen atoms in total. The first-order chi connectivity index (χ1) is 14.1. The summed E-state index contributed by atoms with van der Waals surface area (Å²) in [5.41, 5.74) is 2.32. The van der Waals surface area contributed by atoms with Crippen molar-refractivity contribution in [1.29, 1.82) is 0 Å². The quantitative estimate of drug-likeness (QED) is 0.224. The fourth-order valence-electron chi connectivity index (χ4n) is 4.50. The van der Waals surface area contributed by atoms with Gasteiger partial charge in [-0.3, -0.25) is 0 Å². The van der Waals surface area contributed by atoms with Crippen molar-refractivity contribution in [3.8, 4) is 0 Å². The Balaban J connectivity index is 1.75. The van der Waals surface area contributed by atoms with Crippen LogP contribution in [0.1, 0.15) is 88.7 Å². The van der Waals surface area contributed by atoms with Crippen molar-refractivity contribution >= 4 is 0 Å². The molecule has 0 amide bonds. The highest BCUT2D eigenvalue weighted by Crippen LogP contribution is 2.36. The number of aryl methyl sites for hydroxylation is 1. The van der Waals surface area contributed by atoms with Gasteiger partial charge < -0.3 is 4.74 Å². The van der Waals surface area contributed by atoms with Gasteiger partial charge in [0.15, 0.2) is 0 Å². The van der Waals surface area contributed by atoms with Crippen LogP contribution in [0.25, 0.3) is 0 Å². The molecule has 0 spiro atoms. The number of hydrogen-bond donors (Lipinski definition) is 0. The van der Waals surface area contributed by atoms with Crippen LogP contribution in [0.3, 0.4) is 0 Å². The highest BCUT2D eigenvalue weighted by atomic mass is 19.3. The number of halogens is 2. The number of allylic oxidation sites excluding steroid dienone is 1. The zero-order chi connectivity index (χ0) is 20.9. The van der Waals surface area contributed by atoms with E-state index in [1.807, 2.05) is 18.2 Å². The summed E-state index contributed by atoms with van der Waals surface area (Å²) in [6.45, 7) is 6.29. The van der Waals surface area contributed by atoms with E-state index in [9.17, 15) is 8.78 Å². The lowest BCUT2D eigenvalue weighted by Gasteiger charge is -2.33. The van der Waals surface area contributed by atoms with Crippen LogP contribution in [-0.4, -0.2) is 12.5 Å². The largest absolute Gasteiger partial charge is 0.367 e. The zero-order valence-corrected chi connectivity index (χ0v) is 18.3. The number of ether oxygens (including phenoxy) is 1. The summed E-state index contributed by atoms with van der Waals surface area (Å²) in [5.74, 6) is 0.648. The number of benzene rings is 1. The van der Waals surface area contributed by atoms with E-state index in [0.717, 1.165) is 50.5 Å². The lowest BCUT2D eigenvalue weighted by atomic mass is 9.77. The molecular formula is C26H40F2O. The molecular weight excluding hydrogens is 366 g/mol. The van der Waals surface area contributed by atoms with Gasteiger partial charge in [0.25, 0.3) is 6.43 Å². The Kier molecular flexibility index (Phi) is 11.5. The highest BCUT2D eigenvalue weighted by molar-refractivity contribution is 5.22. The molecule has 0 N–H and O–H groups in total. The molecule has 1 fully saturated rings. The van der Waals surface area contributed by atoms with Gasteiger partial charge in [-0.2, -0.15) is 0 Å². The van der Waals surface area contributed by atoms with E-state index in [-0.39, 0.29) is 12.5 Å². The Labute approximate surface area is 176 Å². The van der Waals surface area contributed by atoms with Crippen LogP contribution in [0.4, 0.5) is 8.78 Å². The van der Waals surface area contributed by atoms with Gasteiger partial charge in [-0.05, 0) is 61.5 Å². The van der Waals surface area contributed by atoms with Gasteiger partial charge in [0.2, 0.25) is 0 Å². The lowest BCUT2D eigenvalue weighted by molar-refractivity contribution is -0.102. The van der Waals surface area contributed by atoms with Crippen molar-refractivity contribution in [3.63, 3.8) is 0 Å². The van der Waals surface area contributed by atoms with Gasteiger partial charge in [-0.25, -0.2) is 8.78 Å². The van der Waals surface area contributed by atoms with Crippen LogP contribution in [0.15, 0.2) is 36.9 Å². The maximum absolute atomic E-state index is 13.6. The van der Waals surface area contributed by atoms with Crippen LogP contribution < -0.4 is 0 Å². The predicted octanol–water partition coefficient (Wildman–Crippen LogP) is 8.12. The standard InChI is InChI=1S/C26H40F2O/c1-3-5-7-8-9-11-22-12-14-23(15-13-22)20-29-25(26(27)28)24-18-16-21(17-19-24)10-6-4-2/h4,12-15,21,24-26H,2-3,5-11,16-20H2,1H3. The molecule has 29 heavy (non-hydrogen) atoms. The van der Waals surface area contributed by atoms with Gasteiger partial charge in [0, 0.05) is 0 Å². The highest BCUT2D eigenvalue weighted by Gasteiger charge is 2.33. The Morgan fingerprint density at radius 1 is 1.00 bits per heavy atom. The first-order valence-corrected chi connectivity index (χ1v) is 11.7. The smallest absolute Gasteiger partial charge is 0.264 e.